The first-order valence-electron chi connectivity index (χ1n) is 6.23. The number of benzene rings is 1. The average Bonchev–Trinajstić information content (AvgIpc) is 2.31. The van der Waals surface area contributed by atoms with Crippen molar-refractivity contribution in [2.24, 2.45) is 0 Å². The Morgan fingerprint density at radius 2 is 1.81 bits per heavy atom. The molecule has 0 unspecified atom stereocenters. The minimum Gasteiger partial charge on any atom is -0.494 e. The third-order valence-electron chi connectivity index (χ3n) is 2.63. The summed E-state index contributed by atoms with van der Waals surface area (Å²) in [4.78, 5) is 0. The van der Waals surface area contributed by atoms with Crippen LogP contribution in [0.5, 0.6) is 5.75 Å². The normalized spacial score (nSPS) is 10.4. The Morgan fingerprint density at radius 1 is 1.06 bits per heavy atom. The molecule has 0 bridgehead atoms. The topological polar surface area (TPSA) is 21.3 Å². The maximum absolute atomic E-state index is 5.41. The Balaban J connectivity index is 2.21. The van der Waals surface area contributed by atoms with E-state index < -0.39 is 0 Å². The van der Waals surface area contributed by atoms with Crippen LogP contribution >= 0.6 is 0 Å². The van der Waals surface area contributed by atoms with E-state index in [4.69, 9.17) is 4.74 Å². The lowest BCUT2D eigenvalue weighted by molar-refractivity contribution is 0.340. The summed E-state index contributed by atoms with van der Waals surface area (Å²) < 4.78 is 5.41. The summed E-state index contributed by atoms with van der Waals surface area (Å²) in [6, 6.07) is 8.46. The van der Waals surface area contributed by atoms with Crippen LogP contribution in [-0.2, 0) is 6.42 Å². The highest BCUT2D eigenvalue weighted by Crippen LogP contribution is 2.14. The molecule has 1 N–H and O–H groups in total. The van der Waals surface area contributed by atoms with Crippen molar-refractivity contribution in [3.8, 4) is 5.75 Å². The van der Waals surface area contributed by atoms with Gasteiger partial charge in [0.15, 0.2) is 0 Å². The second kappa shape index (κ2) is 8.17. The number of rotatable bonds is 8. The molecule has 0 heterocycles. The Bertz CT molecular complexity index is 269. The minimum atomic E-state index is 0.739. The molecule has 0 aliphatic heterocycles. The summed E-state index contributed by atoms with van der Waals surface area (Å²) in [5, 5.41) is 3.17. The van der Waals surface area contributed by atoms with Gasteiger partial charge < -0.3 is 10.1 Å². The predicted octanol–water partition coefficient (Wildman–Crippen LogP) is 3.02. The molecule has 90 valence electrons. The number of nitrogens with one attached hydrogen (secondary N) is 1. The van der Waals surface area contributed by atoms with Crippen LogP contribution in [0.3, 0.4) is 0 Å². The molecule has 0 atom stereocenters. The van der Waals surface area contributed by atoms with E-state index in [1.54, 1.807) is 0 Å². The van der Waals surface area contributed by atoms with E-state index in [0.717, 1.165) is 18.9 Å². The standard InChI is InChI=1S/C14H23NO/c1-3-16-14-10-8-13(9-11-14)7-5-4-6-12-15-2/h8-11,15H,3-7,12H2,1-2H3. The summed E-state index contributed by atoms with van der Waals surface area (Å²) in [6.07, 6.45) is 5.02. The smallest absolute Gasteiger partial charge is 0.119 e. The summed E-state index contributed by atoms with van der Waals surface area (Å²) in [6.45, 7) is 3.88. The van der Waals surface area contributed by atoms with Crippen LogP contribution in [0.25, 0.3) is 0 Å². The highest BCUT2D eigenvalue weighted by molar-refractivity contribution is 5.27. The molecule has 1 rings (SSSR count). The molecular weight excluding hydrogens is 198 g/mol. The van der Waals surface area contributed by atoms with Crippen LogP contribution in [0.1, 0.15) is 31.7 Å². The van der Waals surface area contributed by atoms with E-state index in [-0.39, 0.29) is 0 Å². The highest BCUT2D eigenvalue weighted by Gasteiger charge is 1.95. The third kappa shape index (κ3) is 5.17. The van der Waals surface area contributed by atoms with Crippen molar-refractivity contribution in [1.82, 2.24) is 5.32 Å². The van der Waals surface area contributed by atoms with Crippen LogP contribution < -0.4 is 10.1 Å². The first-order chi connectivity index (χ1) is 7.86. The first kappa shape index (κ1) is 13.0. The molecule has 0 spiro atoms. The Hall–Kier alpha value is -1.02. The lowest BCUT2D eigenvalue weighted by Crippen LogP contribution is -2.07. The molecule has 2 nitrogen and oxygen atoms in total. The zero-order chi connectivity index (χ0) is 11.6. The number of hydrogen-bond donors (Lipinski definition) is 1. The minimum absolute atomic E-state index is 0.739. The van der Waals surface area contributed by atoms with Gasteiger partial charge in [-0.15, -0.1) is 0 Å². The molecule has 0 aliphatic rings. The van der Waals surface area contributed by atoms with Crippen molar-refractivity contribution >= 4 is 0 Å². The average molecular weight is 221 g/mol. The third-order valence-corrected chi connectivity index (χ3v) is 2.63. The van der Waals surface area contributed by atoms with Crippen molar-refractivity contribution in [3.63, 3.8) is 0 Å². The Labute approximate surface area is 99.0 Å². The van der Waals surface area contributed by atoms with Gasteiger partial charge in [-0.05, 0) is 57.5 Å². The maximum Gasteiger partial charge on any atom is 0.119 e. The second-order valence-electron chi connectivity index (χ2n) is 3.99. The molecule has 0 aromatic heterocycles. The van der Waals surface area contributed by atoms with Crippen molar-refractivity contribution < 1.29 is 4.74 Å². The summed E-state index contributed by atoms with van der Waals surface area (Å²) in [7, 11) is 2.01. The van der Waals surface area contributed by atoms with E-state index in [1.807, 2.05) is 14.0 Å². The molecule has 0 fully saturated rings. The van der Waals surface area contributed by atoms with Crippen molar-refractivity contribution in [3.05, 3.63) is 29.8 Å². The number of hydrogen-bond acceptors (Lipinski definition) is 2. The fraction of sp³-hybridized carbons (Fsp3) is 0.571. The summed E-state index contributed by atoms with van der Waals surface area (Å²) in [5.74, 6) is 0.974. The summed E-state index contributed by atoms with van der Waals surface area (Å²) in [5.41, 5.74) is 1.41. The van der Waals surface area contributed by atoms with Gasteiger partial charge in [0.05, 0.1) is 6.61 Å². The van der Waals surface area contributed by atoms with E-state index >= 15 is 0 Å². The molecule has 0 radical (unpaired) electrons. The van der Waals surface area contributed by atoms with Gasteiger partial charge in [0.25, 0.3) is 0 Å². The second-order valence-corrected chi connectivity index (χ2v) is 3.99. The van der Waals surface area contributed by atoms with E-state index in [9.17, 15) is 0 Å². The number of aryl methyl sites for hydroxylation is 1. The van der Waals surface area contributed by atoms with Gasteiger partial charge in [-0.3, -0.25) is 0 Å². The van der Waals surface area contributed by atoms with Crippen LogP contribution in [0.2, 0.25) is 0 Å². The maximum atomic E-state index is 5.41. The van der Waals surface area contributed by atoms with E-state index in [1.165, 1.54) is 31.2 Å². The van der Waals surface area contributed by atoms with Gasteiger partial charge in [0.1, 0.15) is 5.75 Å². The lowest BCUT2D eigenvalue weighted by atomic mass is 10.1. The fourth-order valence-corrected chi connectivity index (χ4v) is 1.73. The monoisotopic (exact) mass is 221 g/mol. The van der Waals surface area contributed by atoms with Gasteiger partial charge in [0.2, 0.25) is 0 Å². The lowest BCUT2D eigenvalue weighted by Gasteiger charge is -2.05. The molecule has 1 aromatic rings. The van der Waals surface area contributed by atoms with Crippen molar-refractivity contribution in [1.29, 1.82) is 0 Å². The van der Waals surface area contributed by atoms with Gasteiger partial charge in [-0.25, -0.2) is 0 Å². The first-order valence-corrected chi connectivity index (χ1v) is 6.23. The molecule has 2 heteroatoms. The van der Waals surface area contributed by atoms with Crippen molar-refractivity contribution in [2.45, 2.75) is 32.6 Å². The van der Waals surface area contributed by atoms with Crippen LogP contribution in [0.4, 0.5) is 0 Å². The number of ether oxygens (including phenoxy) is 1. The van der Waals surface area contributed by atoms with Crippen LogP contribution in [0.15, 0.2) is 24.3 Å². The van der Waals surface area contributed by atoms with Gasteiger partial charge in [0, 0.05) is 0 Å². The summed E-state index contributed by atoms with van der Waals surface area (Å²) >= 11 is 0. The van der Waals surface area contributed by atoms with E-state index in [2.05, 4.69) is 29.6 Å². The molecule has 0 amide bonds. The zero-order valence-corrected chi connectivity index (χ0v) is 10.5. The van der Waals surface area contributed by atoms with Gasteiger partial charge in [-0.1, -0.05) is 18.6 Å². The van der Waals surface area contributed by atoms with Crippen LogP contribution in [-0.4, -0.2) is 20.2 Å². The highest BCUT2D eigenvalue weighted by atomic mass is 16.5. The van der Waals surface area contributed by atoms with Gasteiger partial charge in [-0.2, -0.15) is 0 Å². The molecule has 0 saturated carbocycles. The Kier molecular flexibility index (Phi) is 6.66. The van der Waals surface area contributed by atoms with Crippen LogP contribution in [0, 0.1) is 0 Å². The fourth-order valence-electron chi connectivity index (χ4n) is 1.73. The molecule has 16 heavy (non-hydrogen) atoms. The largest absolute Gasteiger partial charge is 0.494 e. The quantitative estimate of drug-likeness (QED) is 0.681. The van der Waals surface area contributed by atoms with E-state index in [0.29, 0.717) is 0 Å². The number of unbranched alkanes of at least 4 members (excludes halogenated alkanes) is 2. The SMILES string of the molecule is CCOc1ccc(CCCCCNC)cc1. The molecular formula is C14H23NO. The molecule has 0 saturated heterocycles. The van der Waals surface area contributed by atoms with Gasteiger partial charge >= 0.3 is 0 Å². The predicted molar refractivity (Wildman–Crippen MR) is 69.1 cm³/mol. The molecule has 1 aromatic carbocycles. The molecule has 0 aliphatic carbocycles. The Morgan fingerprint density at radius 3 is 2.44 bits per heavy atom. The van der Waals surface area contributed by atoms with Crippen molar-refractivity contribution in [2.75, 3.05) is 20.2 Å². The zero-order valence-electron chi connectivity index (χ0n) is 10.5.